The van der Waals surface area contributed by atoms with Gasteiger partial charge in [0.05, 0.1) is 0 Å². The second kappa shape index (κ2) is 17.1. The molecule has 0 N–H and O–H groups in total. The summed E-state index contributed by atoms with van der Waals surface area (Å²) in [5, 5.41) is 10.5. The van der Waals surface area contributed by atoms with Crippen molar-refractivity contribution in [2.75, 3.05) is 4.90 Å². The predicted octanol–water partition coefficient (Wildman–Crippen LogP) is 20.5. The van der Waals surface area contributed by atoms with E-state index in [0.29, 0.717) is 0 Å². The van der Waals surface area contributed by atoms with Crippen LogP contribution >= 0.6 is 22.7 Å². The molecule has 0 radical (unpaired) electrons. The Morgan fingerprint density at radius 2 is 0.718 bits per heavy atom. The van der Waals surface area contributed by atoms with Crippen LogP contribution in [0.2, 0.25) is 0 Å². The fourth-order valence-corrected chi connectivity index (χ4v) is 13.3. The zero-order valence-corrected chi connectivity index (χ0v) is 40.2. The minimum absolute atomic E-state index is 1.10. The van der Waals surface area contributed by atoms with Crippen LogP contribution in [-0.4, -0.2) is 0 Å². The quantitative estimate of drug-likeness (QED) is 0.147. The molecule has 0 aliphatic carbocycles. The first kappa shape index (κ1) is 41.4. The topological polar surface area (TPSA) is 3.24 Å². The van der Waals surface area contributed by atoms with Crippen molar-refractivity contribution in [2.45, 2.75) is 0 Å². The molecule has 0 spiro atoms. The number of hydrogen-bond donors (Lipinski definition) is 0. The second-order valence-corrected chi connectivity index (χ2v) is 20.5. The molecule has 0 unspecified atom stereocenters. The molecule has 0 aliphatic rings. The second-order valence-electron chi connectivity index (χ2n) is 18.4. The van der Waals surface area contributed by atoms with Gasteiger partial charge >= 0.3 is 0 Å². The van der Waals surface area contributed by atoms with E-state index in [-0.39, 0.29) is 0 Å². The van der Waals surface area contributed by atoms with Crippen LogP contribution in [0.1, 0.15) is 0 Å². The van der Waals surface area contributed by atoms with Crippen molar-refractivity contribution < 1.29 is 0 Å². The first-order valence-electron chi connectivity index (χ1n) is 24.2. The minimum Gasteiger partial charge on any atom is -0.311 e. The van der Waals surface area contributed by atoms with Gasteiger partial charge in [-0.05, 0) is 126 Å². The molecule has 0 saturated heterocycles. The Labute approximate surface area is 420 Å². The van der Waals surface area contributed by atoms with Crippen molar-refractivity contribution in [3.05, 3.63) is 261 Å². The highest BCUT2D eigenvalue weighted by molar-refractivity contribution is 7.27. The summed E-state index contributed by atoms with van der Waals surface area (Å²) in [7, 11) is 0. The summed E-state index contributed by atoms with van der Waals surface area (Å²) in [6.45, 7) is 0. The van der Waals surface area contributed by atoms with Gasteiger partial charge in [0.2, 0.25) is 0 Å². The summed E-state index contributed by atoms with van der Waals surface area (Å²) in [6, 6.07) is 95.8. The lowest BCUT2D eigenvalue weighted by molar-refractivity contribution is 1.28. The monoisotopic (exact) mass is 937 g/mol. The summed E-state index contributed by atoms with van der Waals surface area (Å²) in [6.07, 6.45) is 0. The molecular weight excluding hydrogens is 895 g/mol. The molecule has 2 heterocycles. The molecule has 1 nitrogen and oxygen atoms in total. The van der Waals surface area contributed by atoms with Gasteiger partial charge in [-0.2, -0.15) is 0 Å². The van der Waals surface area contributed by atoms with Crippen LogP contribution in [0.15, 0.2) is 261 Å². The molecule has 12 aromatic carbocycles. The Morgan fingerprint density at radius 3 is 1.35 bits per heavy atom. The van der Waals surface area contributed by atoms with Gasteiger partial charge in [-0.15, -0.1) is 22.7 Å². The van der Waals surface area contributed by atoms with Crippen molar-refractivity contribution in [1.82, 2.24) is 0 Å². The van der Waals surface area contributed by atoms with Gasteiger partial charge in [0.15, 0.2) is 0 Å². The molecule has 0 aliphatic heterocycles. The smallest absolute Gasteiger partial charge is 0.0462 e. The summed E-state index contributed by atoms with van der Waals surface area (Å²) >= 11 is 3.79. The average molecular weight is 938 g/mol. The van der Waals surface area contributed by atoms with Crippen LogP contribution in [0.3, 0.4) is 0 Å². The zero-order chi connectivity index (χ0) is 46.8. The van der Waals surface area contributed by atoms with Crippen LogP contribution < -0.4 is 4.90 Å². The lowest BCUT2D eigenvalue weighted by atomic mass is 9.94. The van der Waals surface area contributed by atoms with Crippen molar-refractivity contribution in [3.8, 4) is 55.6 Å². The Bertz CT molecular complexity index is 4280. The van der Waals surface area contributed by atoms with E-state index >= 15 is 0 Å². The number of benzene rings is 12. The third-order valence-electron chi connectivity index (χ3n) is 14.3. The normalized spacial score (nSPS) is 11.7. The van der Waals surface area contributed by atoms with Crippen LogP contribution in [0, 0.1) is 0 Å². The fourth-order valence-electron chi connectivity index (χ4n) is 10.8. The molecule has 14 aromatic rings. The van der Waals surface area contributed by atoms with E-state index in [2.05, 4.69) is 266 Å². The van der Waals surface area contributed by atoms with Crippen LogP contribution in [0.25, 0.3) is 118 Å². The van der Waals surface area contributed by atoms with Gasteiger partial charge in [-0.25, -0.2) is 0 Å². The Balaban J connectivity index is 0.781. The van der Waals surface area contributed by atoms with Crippen LogP contribution in [-0.2, 0) is 0 Å². The number of anilines is 3. The maximum absolute atomic E-state index is 2.37. The summed E-state index contributed by atoms with van der Waals surface area (Å²) in [5.41, 5.74) is 15.5. The van der Waals surface area contributed by atoms with E-state index in [1.165, 1.54) is 118 Å². The van der Waals surface area contributed by atoms with Crippen molar-refractivity contribution in [1.29, 1.82) is 0 Å². The lowest BCUT2D eigenvalue weighted by Gasteiger charge is -2.26. The first-order chi connectivity index (χ1) is 35.2. The van der Waals surface area contributed by atoms with E-state index in [0.717, 1.165) is 17.1 Å². The van der Waals surface area contributed by atoms with Gasteiger partial charge in [-0.1, -0.05) is 206 Å². The highest BCUT2D eigenvalue weighted by Gasteiger charge is 2.18. The molecule has 0 fully saturated rings. The summed E-state index contributed by atoms with van der Waals surface area (Å²) in [5.74, 6) is 0. The summed E-state index contributed by atoms with van der Waals surface area (Å²) in [4.78, 5) is 2.36. The first-order valence-corrected chi connectivity index (χ1v) is 25.9. The molecule has 71 heavy (non-hydrogen) atoms. The molecular formula is C68H43NS2. The number of rotatable bonds is 8. The molecule has 0 amide bonds. The van der Waals surface area contributed by atoms with E-state index in [1.54, 1.807) is 0 Å². The van der Waals surface area contributed by atoms with E-state index in [4.69, 9.17) is 0 Å². The minimum atomic E-state index is 1.10. The average Bonchev–Trinajstić information content (AvgIpc) is 4.02. The number of thiophene rings is 2. The van der Waals surface area contributed by atoms with Crippen molar-refractivity contribution in [2.24, 2.45) is 0 Å². The molecule has 0 bridgehead atoms. The SMILES string of the molecule is c1ccc(-c2ccc(N(c3ccc(-c4ccc(-c5c6ccccc6cc6c5sc5ccccc56)cc4)cc3)c3ccc(-c4ccc(-c5cccc6c5sc5ccc7ccccc7c56)cc4)cc3)cc2)cc1. The lowest BCUT2D eigenvalue weighted by Crippen LogP contribution is -2.09. The molecule has 0 saturated carbocycles. The maximum Gasteiger partial charge on any atom is 0.0462 e. The highest BCUT2D eigenvalue weighted by Crippen LogP contribution is 2.46. The van der Waals surface area contributed by atoms with Crippen molar-refractivity contribution in [3.63, 3.8) is 0 Å². The molecule has 332 valence electrons. The van der Waals surface area contributed by atoms with Crippen LogP contribution in [0.4, 0.5) is 17.1 Å². The van der Waals surface area contributed by atoms with Crippen molar-refractivity contribution >= 4 is 102 Å². The Morgan fingerprint density at radius 1 is 0.254 bits per heavy atom. The van der Waals surface area contributed by atoms with Crippen LogP contribution in [0.5, 0.6) is 0 Å². The molecule has 14 rings (SSSR count). The van der Waals surface area contributed by atoms with Gasteiger partial charge in [-0.3, -0.25) is 0 Å². The maximum atomic E-state index is 2.37. The largest absolute Gasteiger partial charge is 0.311 e. The standard InChI is InChI=1S/C68H43NS2/c1-2-11-44(12-3-1)47-29-36-54(37-30-47)69(55-38-31-48(32-39-55)45-21-25-51(26-22-45)59-18-10-19-61-66-57-15-6-4-13-50(57)35-42-64(66)71-67(59)61)56-40-33-49(34-41-56)46-23-27-52(28-24-46)65-58-16-7-5-14-53(58)43-62-60-17-8-9-20-63(60)70-68(62)65/h1-43H. The van der Waals surface area contributed by atoms with E-state index in [9.17, 15) is 0 Å². The zero-order valence-electron chi connectivity index (χ0n) is 38.6. The van der Waals surface area contributed by atoms with E-state index in [1.807, 2.05) is 22.7 Å². The molecule has 2 aromatic heterocycles. The molecule has 3 heteroatoms. The Kier molecular flexibility index (Phi) is 9.97. The Hall–Kier alpha value is -8.60. The van der Waals surface area contributed by atoms with Gasteiger partial charge in [0, 0.05) is 63.0 Å². The number of nitrogens with zero attached hydrogens (tertiary/aromatic N) is 1. The fraction of sp³-hybridized carbons (Fsp3) is 0. The third-order valence-corrected chi connectivity index (χ3v) is 16.7. The predicted molar refractivity (Wildman–Crippen MR) is 309 cm³/mol. The van der Waals surface area contributed by atoms with Gasteiger partial charge < -0.3 is 4.90 Å². The molecule has 0 atom stereocenters. The van der Waals surface area contributed by atoms with E-state index < -0.39 is 0 Å². The van der Waals surface area contributed by atoms with Gasteiger partial charge in [0.1, 0.15) is 0 Å². The number of fused-ring (bicyclic) bond motifs is 9. The van der Waals surface area contributed by atoms with Gasteiger partial charge in [0.25, 0.3) is 0 Å². The third kappa shape index (κ3) is 7.21. The number of hydrogen-bond acceptors (Lipinski definition) is 3. The summed E-state index contributed by atoms with van der Waals surface area (Å²) < 4.78 is 5.33. The highest BCUT2D eigenvalue weighted by atomic mass is 32.1.